The van der Waals surface area contributed by atoms with Gasteiger partial charge in [-0.15, -0.1) is 0 Å². The Labute approximate surface area is 115 Å². The predicted molar refractivity (Wildman–Crippen MR) is 70.0 cm³/mol. The summed E-state index contributed by atoms with van der Waals surface area (Å²) in [6.07, 6.45) is 0. The molecule has 19 heavy (non-hydrogen) atoms. The van der Waals surface area contributed by atoms with E-state index in [-0.39, 0.29) is 5.56 Å². The molecule has 2 nitrogen and oxygen atoms in total. The number of halogens is 2. The van der Waals surface area contributed by atoms with Gasteiger partial charge in [-0.3, -0.25) is 0 Å². The van der Waals surface area contributed by atoms with Crippen LogP contribution in [0.5, 0.6) is 0 Å². The van der Waals surface area contributed by atoms with Crippen molar-refractivity contribution in [2.75, 3.05) is 0 Å². The quantitative estimate of drug-likeness (QED) is 0.828. The van der Waals surface area contributed by atoms with E-state index in [1.807, 2.05) is 0 Å². The van der Waals surface area contributed by atoms with Crippen LogP contribution in [0.1, 0.15) is 22.6 Å². The van der Waals surface area contributed by atoms with Crippen LogP contribution in [0.15, 0.2) is 42.5 Å². The van der Waals surface area contributed by atoms with E-state index in [2.05, 4.69) is 6.07 Å². The van der Waals surface area contributed by atoms with E-state index in [4.69, 9.17) is 16.9 Å². The maximum Gasteiger partial charge on any atom is 0.141 e. The third-order valence-electron chi connectivity index (χ3n) is 2.81. The second-order valence-electron chi connectivity index (χ2n) is 3.90. The molecule has 0 spiro atoms. The van der Waals surface area contributed by atoms with E-state index in [0.717, 1.165) is 0 Å². The normalized spacial score (nSPS) is 11.4. The van der Waals surface area contributed by atoms with Crippen molar-refractivity contribution < 1.29 is 4.39 Å². The summed E-state index contributed by atoms with van der Waals surface area (Å²) in [5.74, 6) is -1.40. The van der Waals surface area contributed by atoms with Gasteiger partial charge in [0.15, 0.2) is 0 Å². The summed E-state index contributed by atoms with van der Waals surface area (Å²) < 4.78 is 13.6. The first-order chi connectivity index (χ1) is 9.19. The second kappa shape index (κ2) is 5.52. The van der Waals surface area contributed by atoms with Gasteiger partial charge in [0, 0.05) is 5.02 Å². The van der Waals surface area contributed by atoms with E-state index in [1.54, 1.807) is 36.4 Å². The van der Waals surface area contributed by atoms with E-state index >= 15 is 0 Å². The maximum absolute atomic E-state index is 13.6. The first-order valence-electron chi connectivity index (χ1n) is 5.51. The SMILES string of the molecule is N#Cc1c(F)cccc1[C@H](C#N)c1ccccc1Cl. The van der Waals surface area contributed by atoms with E-state index in [9.17, 15) is 9.65 Å². The van der Waals surface area contributed by atoms with Gasteiger partial charge in [-0.05, 0) is 23.3 Å². The number of benzene rings is 2. The monoisotopic (exact) mass is 270 g/mol. The molecule has 0 radical (unpaired) electrons. The Kier molecular flexibility index (Phi) is 3.80. The molecule has 0 heterocycles. The molecule has 0 aliphatic rings. The van der Waals surface area contributed by atoms with Gasteiger partial charge in [-0.1, -0.05) is 41.9 Å². The van der Waals surface area contributed by atoms with Crippen LogP contribution in [0, 0.1) is 28.5 Å². The third-order valence-corrected chi connectivity index (χ3v) is 3.16. The van der Waals surface area contributed by atoms with Crippen LogP contribution in [-0.2, 0) is 0 Å². The lowest BCUT2D eigenvalue weighted by Gasteiger charge is -2.13. The first-order valence-corrected chi connectivity index (χ1v) is 5.89. The van der Waals surface area contributed by atoms with Crippen molar-refractivity contribution in [3.8, 4) is 12.1 Å². The van der Waals surface area contributed by atoms with Gasteiger partial charge >= 0.3 is 0 Å². The van der Waals surface area contributed by atoms with Crippen LogP contribution in [-0.4, -0.2) is 0 Å². The van der Waals surface area contributed by atoms with Crippen LogP contribution >= 0.6 is 11.6 Å². The van der Waals surface area contributed by atoms with Gasteiger partial charge in [-0.2, -0.15) is 10.5 Å². The topological polar surface area (TPSA) is 47.6 Å². The Morgan fingerprint density at radius 3 is 2.32 bits per heavy atom. The lowest BCUT2D eigenvalue weighted by molar-refractivity contribution is 0.621. The number of hydrogen-bond donors (Lipinski definition) is 0. The van der Waals surface area contributed by atoms with Gasteiger partial charge in [-0.25, -0.2) is 4.39 Å². The van der Waals surface area contributed by atoms with Gasteiger partial charge < -0.3 is 0 Å². The smallest absolute Gasteiger partial charge is 0.141 e. The summed E-state index contributed by atoms with van der Waals surface area (Å²) in [5.41, 5.74) is 0.779. The molecule has 4 heteroatoms. The van der Waals surface area contributed by atoms with Crippen molar-refractivity contribution >= 4 is 11.6 Å². The van der Waals surface area contributed by atoms with Gasteiger partial charge in [0.1, 0.15) is 11.9 Å². The Morgan fingerprint density at radius 2 is 1.68 bits per heavy atom. The van der Waals surface area contributed by atoms with Crippen molar-refractivity contribution in [1.82, 2.24) is 0 Å². The fraction of sp³-hybridized carbons (Fsp3) is 0.0667. The molecule has 1 atom stereocenters. The standard InChI is InChI=1S/C15H8ClFN2/c16-14-6-2-1-4-11(14)12(8-18)10-5-3-7-15(17)13(10)9-19/h1-7,12H/t12-/m0/s1. The molecule has 2 rings (SSSR count). The number of rotatable bonds is 2. The average Bonchev–Trinajstić information content (AvgIpc) is 2.42. The van der Waals surface area contributed by atoms with Crippen molar-refractivity contribution in [3.05, 3.63) is 70.0 Å². The molecular formula is C15H8ClFN2. The lowest BCUT2D eigenvalue weighted by Crippen LogP contribution is -2.03. The minimum Gasteiger partial charge on any atom is -0.206 e. The molecule has 0 aliphatic carbocycles. The lowest BCUT2D eigenvalue weighted by atomic mass is 9.89. The third kappa shape index (κ3) is 2.42. The molecule has 0 amide bonds. The molecule has 0 aromatic heterocycles. The fourth-order valence-corrected chi connectivity index (χ4v) is 2.16. The summed E-state index contributed by atoms with van der Waals surface area (Å²) in [6, 6.07) is 15.0. The maximum atomic E-state index is 13.6. The highest BCUT2D eigenvalue weighted by atomic mass is 35.5. The molecule has 92 valence electrons. The fourth-order valence-electron chi connectivity index (χ4n) is 1.92. The number of nitriles is 2. The molecule has 2 aromatic rings. The Morgan fingerprint density at radius 1 is 1.00 bits per heavy atom. The zero-order valence-electron chi connectivity index (χ0n) is 9.77. The highest BCUT2D eigenvalue weighted by Gasteiger charge is 2.21. The van der Waals surface area contributed by atoms with Gasteiger partial charge in [0.05, 0.1) is 17.6 Å². The highest BCUT2D eigenvalue weighted by Crippen LogP contribution is 2.32. The molecule has 0 saturated carbocycles. The number of nitrogens with zero attached hydrogens (tertiary/aromatic N) is 2. The minimum atomic E-state index is -0.765. The average molecular weight is 271 g/mol. The van der Waals surface area contributed by atoms with Crippen molar-refractivity contribution in [2.45, 2.75) is 5.92 Å². The molecule has 2 aromatic carbocycles. The molecular weight excluding hydrogens is 263 g/mol. The van der Waals surface area contributed by atoms with Crippen molar-refractivity contribution in [3.63, 3.8) is 0 Å². The predicted octanol–water partition coefficient (Wildman–Crippen LogP) is 4.01. The molecule has 0 saturated heterocycles. The second-order valence-corrected chi connectivity index (χ2v) is 4.31. The van der Waals surface area contributed by atoms with Crippen LogP contribution in [0.4, 0.5) is 4.39 Å². The van der Waals surface area contributed by atoms with E-state index in [0.29, 0.717) is 16.1 Å². The zero-order chi connectivity index (χ0) is 13.8. The van der Waals surface area contributed by atoms with Crippen LogP contribution in [0.25, 0.3) is 0 Å². The van der Waals surface area contributed by atoms with Gasteiger partial charge in [0.2, 0.25) is 0 Å². The minimum absolute atomic E-state index is 0.117. The number of hydrogen-bond acceptors (Lipinski definition) is 2. The van der Waals surface area contributed by atoms with Gasteiger partial charge in [0.25, 0.3) is 0 Å². The largest absolute Gasteiger partial charge is 0.206 e. The first kappa shape index (κ1) is 13.1. The summed E-state index contributed by atoms with van der Waals surface area (Å²) in [5, 5.41) is 18.8. The Hall–Kier alpha value is -2.36. The van der Waals surface area contributed by atoms with E-state index < -0.39 is 11.7 Å². The molecule has 0 unspecified atom stereocenters. The zero-order valence-corrected chi connectivity index (χ0v) is 10.5. The molecule has 0 aliphatic heterocycles. The summed E-state index contributed by atoms with van der Waals surface area (Å²) in [4.78, 5) is 0. The Balaban J connectivity index is 2.64. The molecule has 0 N–H and O–H groups in total. The summed E-state index contributed by atoms with van der Waals surface area (Å²) >= 11 is 6.06. The van der Waals surface area contributed by atoms with Crippen LogP contribution in [0.3, 0.4) is 0 Å². The molecule has 0 fully saturated rings. The van der Waals surface area contributed by atoms with Crippen LogP contribution < -0.4 is 0 Å². The Bertz CT molecular complexity index is 698. The molecule has 0 bridgehead atoms. The highest BCUT2D eigenvalue weighted by molar-refractivity contribution is 6.31. The van der Waals surface area contributed by atoms with E-state index in [1.165, 1.54) is 12.1 Å². The summed E-state index contributed by atoms with van der Waals surface area (Å²) in [6.45, 7) is 0. The summed E-state index contributed by atoms with van der Waals surface area (Å²) in [7, 11) is 0. The van der Waals surface area contributed by atoms with Crippen molar-refractivity contribution in [1.29, 1.82) is 10.5 Å². The van der Waals surface area contributed by atoms with Crippen LogP contribution in [0.2, 0.25) is 5.02 Å². The van der Waals surface area contributed by atoms with Crippen molar-refractivity contribution in [2.24, 2.45) is 0 Å².